The molecule has 0 saturated carbocycles. The highest BCUT2D eigenvalue weighted by atomic mass is 32.1. The summed E-state index contributed by atoms with van der Waals surface area (Å²) in [6.07, 6.45) is 2.89. The second kappa shape index (κ2) is 4.80. The Morgan fingerprint density at radius 1 is 1.38 bits per heavy atom. The third kappa shape index (κ3) is 2.03. The van der Waals surface area contributed by atoms with E-state index in [-0.39, 0.29) is 6.04 Å². The van der Waals surface area contributed by atoms with Crippen molar-refractivity contribution in [1.82, 2.24) is 9.78 Å². The second-order valence-electron chi connectivity index (χ2n) is 3.71. The Morgan fingerprint density at radius 2 is 2.19 bits per heavy atom. The molecule has 0 aromatic carbocycles. The SMILES string of the molecule is CCc1ccc(C(N)c2ccnn2CC)s1. The molecule has 86 valence electrons. The van der Waals surface area contributed by atoms with Crippen molar-refractivity contribution in [3.63, 3.8) is 0 Å². The van der Waals surface area contributed by atoms with Crippen LogP contribution in [-0.2, 0) is 13.0 Å². The zero-order valence-electron chi connectivity index (χ0n) is 9.68. The van der Waals surface area contributed by atoms with Gasteiger partial charge in [-0.15, -0.1) is 11.3 Å². The highest BCUT2D eigenvalue weighted by Crippen LogP contribution is 2.26. The summed E-state index contributed by atoms with van der Waals surface area (Å²) in [5, 5.41) is 4.25. The van der Waals surface area contributed by atoms with Gasteiger partial charge in [-0.3, -0.25) is 4.68 Å². The lowest BCUT2D eigenvalue weighted by atomic mass is 10.2. The molecule has 4 heteroatoms. The van der Waals surface area contributed by atoms with Crippen LogP contribution in [0.2, 0.25) is 0 Å². The van der Waals surface area contributed by atoms with E-state index in [1.807, 2.05) is 16.9 Å². The summed E-state index contributed by atoms with van der Waals surface area (Å²) in [6.45, 7) is 5.11. The molecule has 2 N–H and O–H groups in total. The van der Waals surface area contributed by atoms with Crippen LogP contribution < -0.4 is 5.73 Å². The number of rotatable bonds is 4. The summed E-state index contributed by atoms with van der Waals surface area (Å²) in [4.78, 5) is 2.60. The fourth-order valence-corrected chi connectivity index (χ4v) is 2.74. The number of hydrogen-bond acceptors (Lipinski definition) is 3. The molecule has 2 aromatic heterocycles. The second-order valence-corrected chi connectivity index (χ2v) is 4.91. The average Bonchev–Trinajstić information content (AvgIpc) is 2.96. The minimum Gasteiger partial charge on any atom is -0.318 e. The molecular weight excluding hydrogens is 218 g/mol. The summed E-state index contributed by atoms with van der Waals surface area (Å²) in [7, 11) is 0. The molecule has 0 saturated heterocycles. The standard InChI is InChI=1S/C12H17N3S/c1-3-9-5-6-11(16-9)12(13)10-7-8-14-15(10)4-2/h5-8,12H,3-4,13H2,1-2H3. The molecule has 16 heavy (non-hydrogen) atoms. The number of nitrogens with zero attached hydrogens (tertiary/aromatic N) is 2. The van der Waals surface area contributed by atoms with E-state index in [1.54, 1.807) is 11.3 Å². The number of aryl methyl sites for hydroxylation is 2. The molecule has 1 unspecified atom stereocenters. The van der Waals surface area contributed by atoms with Crippen LogP contribution in [0.1, 0.15) is 35.3 Å². The van der Waals surface area contributed by atoms with Gasteiger partial charge in [-0.05, 0) is 31.5 Å². The molecule has 0 aliphatic rings. The maximum Gasteiger partial charge on any atom is 0.0817 e. The van der Waals surface area contributed by atoms with Gasteiger partial charge in [-0.2, -0.15) is 5.10 Å². The molecule has 0 bridgehead atoms. The fraction of sp³-hybridized carbons (Fsp3) is 0.417. The average molecular weight is 235 g/mol. The van der Waals surface area contributed by atoms with Crippen molar-refractivity contribution >= 4 is 11.3 Å². The summed E-state index contributed by atoms with van der Waals surface area (Å²) in [5.74, 6) is 0. The van der Waals surface area contributed by atoms with Gasteiger partial charge in [0.1, 0.15) is 0 Å². The predicted octanol–water partition coefficient (Wildman–Crippen LogP) is 2.58. The third-order valence-corrected chi connectivity index (χ3v) is 4.02. The monoisotopic (exact) mass is 235 g/mol. The van der Waals surface area contributed by atoms with Crippen molar-refractivity contribution in [2.75, 3.05) is 0 Å². The van der Waals surface area contributed by atoms with Crippen LogP contribution in [0.4, 0.5) is 0 Å². The first-order valence-corrected chi connectivity index (χ1v) is 6.43. The molecule has 0 amide bonds. The number of aromatic nitrogens is 2. The highest BCUT2D eigenvalue weighted by molar-refractivity contribution is 7.12. The summed E-state index contributed by atoms with van der Waals surface area (Å²) >= 11 is 1.79. The molecule has 0 fully saturated rings. The Labute approximate surface area is 99.9 Å². The Morgan fingerprint density at radius 3 is 2.81 bits per heavy atom. The van der Waals surface area contributed by atoms with Gasteiger partial charge >= 0.3 is 0 Å². The van der Waals surface area contributed by atoms with Crippen molar-refractivity contribution in [2.45, 2.75) is 32.9 Å². The van der Waals surface area contributed by atoms with E-state index in [9.17, 15) is 0 Å². The Bertz CT molecular complexity index is 458. The zero-order valence-corrected chi connectivity index (χ0v) is 10.5. The lowest BCUT2D eigenvalue weighted by Crippen LogP contribution is -2.15. The molecule has 2 aromatic rings. The van der Waals surface area contributed by atoms with E-state index in [1.165, 1.54) is 9.75 Å². The van der Waals surface area contributed by atoms with Crippen LogP contribution in [0, 0.1) is 0 Å². The van der Waals surface area contributed by atoms with E-state index < -0.39 is 0 Å². The number of thiophene rings is 1. The summed E-state index contributed by atoms with van der Waals surface area (Å²) < 4.78 is 1.95. The molecule has 2 heterocycles. The molecular formula is C12H17N3S. The first kappa shape index (κ1) is 11.4. The summed E-state index contributed by atoms with van der Waals surface area (Å²) in [6, 6.07) is 6.24. The predicted molar refractivity (Wildman–Crippen MR) is 67.6 cm³/mol. The zero-order chi connectivity index (χ0) is 11.5. The topological polar surface area (TPSA) is 43.8 Å². The van der Waals surface area contributed by atoms with Crippen LogP contribution in [0.15, 0.2) is 24.4 Å². The van der Waals surface area contributed by atoms with Gasteiger partial charge in [-0.25, -0.2) is 0 Å². The highest BCUT2D eigenvalue weighted by Gasteiger charge is 2.14. The van der Waals surface area contributed by atoms with Crippen molar-refractivity contribution in [3.05, 3.63) is 39.8 Å². The number of hydrogen-bond donors (Lipinski definition) is 1. The van der Waals surface area contributed by atoms with Gasteiger partial charge < -0.3 is 5.73 Å². The Balaban J connectivity index is 2.27. The molecule has 0 aliphatic heterocycles. The molecule has 1 atom stereocenters. The largest absolute Gasteiger partial charge is 0.318 e. The minimum atomic E-state index is -0.0484. The lowest BCUT2D eigenvalue weighted by molar-refractivity contribution is 0.603. The first-order chi connectivity index (χ1) is 7.76. The number of nitrogens with two attached hydrogens (primary N) is 1. The van der Waals surface area contributed by atoms with Crippen molar-refractivity contribution in [3.8, 4) is 0 Å². The normalized spacial score (nSPS) is 12.9. The van der Waals surface area contributed by atoms with Crippen molar-refractivity contribution in [1.29, 1.82) is 0 Å². The lowest BCUT2D eigenvalue weighted by Gasteiger charge is -2.11. The van der Waals surface area contributed by atoms with Crippen LogP contribution in [-0.4, -0.2) is 9.78 Å². The summed E-state index contributed by atoms with van der Waals surface area (Å²) in [5.41, 5.74) is 7.34. The molecule has 0 aliphatic carbocycles. The smallest absolute Gasteiger partial charge is 0.0817 e. The van der Waals surface area contributed by atoms with Gasteiger partial charge in [0.15, 0.2) is 0 Å². The van der Waals surface area contributed by atoms with Crippen LogP contribution >= 0.6 is 11.3 Å². The molecule has 0 spiro atoms. The fourth-order valence-electron chi connectivity index (χ4n) is 1.77. The maximum absolute atomic E-state index is 6.25. The first-order valence-electron chi connectivity index (χ1n) is 5.62. The van der Waals surface area contributed by atoms with Gasteiger partial charge in [0.2, 0.25) is 0 Å². The van der Waals surface area contributed by atoms with Crippen LogP contribution in [0.5, 0.6) is 0 Å². The van der Waals surface area contributed by atoms with E-state index in [4.69, 9.17) is 5.73 Å². The van der Waals surface area contributed by atoms with Gasteiger partial charge in [-0.1, -0.05) is 6.92 Å². The molecule has 0 radical (unpaired) electrons. The van der Waals surface area contributed by atoms with Crippen molar-refractivity contribution in [2.24, 2.45) is 5.73 Å². The van der Waals surface area contributed by atoms with Crippen LogP contribution in [0.3, 0.4) is 0 Å². The van der Waals surface area contributed by atoms with Gasteiger partial charge in [0.05, 0.1) is 11.7 Å². The van der Waals surface area contributed by atoms with E-state index in [2.05, 4.69) is 31.1 Å². The van der Waals surface area contributed by atoms with Crippen molar-refractivity contribution < 1.29 is 0 Å². The molecule has 3 nitrogen and oxygen atoms in total. The third-order valence-electron chi connectivity index (χ3n) is 2.70. The Kier molecular flexibility index (Phi) is 3.41. The maximum atomic E-state index is 6.25. The van der Waals surface area contributed by atoms with E-state index >= 15 is 0 Å². The molecule has 2 rings (SSSR count). The minimum absolute atomic E-state index is 0.0484. The quantitative estimate of drug-likeness (QED) is 0.885. The van der Waals surface area contributed by atoms with Gasteiger partial charge in [0.25, 0.3) is 0 Å². The van der Waals surface area contributed by atoms with E-state index in [0.29, 0.717) is 0 Å². The van der Waals surface area contributed by atoms with Gasteiger partial charge in [0, 0.05) is 22.5 Å². The van der Waals surface area contributed by atoms with Crippen LogP contribution in [0.25, 0.3) is 0 Å². The van der Waals surface area contributed by atoms with E-state index in [0.717, 1.165) is 18.7 Å². The Hall–Kier alpha value is -1.13.